The third-order valence-electron chi connectivity index (χ3n) is 4.73. The van der Waals surface area contributed by atoms with Gasteiger partial charge in [-0.2, -0.15) is 0 Å². The maximum absolute atomic E-state index is 13.2. The van der Waals surface area contributed by atoms with Crippen molar-refractivity contribution in [3.63, 3.8) is 0 Å². The van der Waals surface area contributed by atoms with Crippen molar-refractivity contribution in [2.75, 3.05) is 18.1 Å². The van der Waals surface area contributed by atoms with Crippen LogP contribution in [0.25, 0.3) is 0 Å². The van der Waals surface area contributed by atoms with Crippen molar-refractivity contribution in [1.82, 2.24) is 4.90 Å². The summed E-state index contributed by atoms with van der Waals surface area (Å²) in [5.74, 6) is 0.707. The standard InChI is InChI=1S/C21H24BrNO4S/c1-2-11-27-20-8-6-17(7-9-20)21(24)23(19-10-12-28(25,26)15-19)14-16-4-3-5-18(22)13-16/h3-9,13,19H,2,10-12,14-15H2,1H3. The zero-order valence-electron chi connectivity index (χ0n) is 15.8. The van der Waals surface area contributed by atoms with E-state index in [9.17, 15) is 13.2 Å². The summed E-state index contributed by atoms with van der Waals surface area (Å²) in [6.45, 7) is 3.03. The summed E-state index contributed by atoms with van der Waals surface area (Å²) in [6.07, 6.45) is 1.39. The number of amides is 1. The highest BCUT2D eigenvalue weighted by atomic mass is 79.9. The fraction of sp³-hybridized carbons (Fsp3) is 0.381. The van der Waals surface area contributed by atoms with E-state index in [4.69, 9.17) is 4.74 Å². The van der Waals surface area contributed by atoms with Gasteiger partial charge in [0, 0.05) is 22.6 Å². The Balaban J connectivity index is 1.84. The SMILES string of the molecule is CCCOc1ccc(C(=O)N(Cc2cccc(Br)c2)C2CCS(=O)(=O)C2)cc1. The van der Waals surface area contributed by atoms with Crippen molar-refractivity contribution in [3.05, 3.63) is 64.1 Å². The van der Waals surface area contributed by atoms with Gasteiger partial charge in [0.1, 0.15) is 5.75 Å². The average Bonchev–Trinajstić information content (AvgIpc) is 3.04. The quantitative estimate of drug-likeness (QED) is 0.617. The highest BCUT2D eigenvalue weighted by Crippen LogP contribution is 2.24. The number of ether oxygens (including phenoxy) is 1. The molecule has 28 heavy (non-hydrogen) atoms. The minimum Gasteiger partial charge on any atom is -0.494 e. The molecule has 7 heteroatoms. The van der Waals surface area contributed by atoms with Gasteiger partial charge in [0.2, 0.25) is 0 Å². The Morgan fingerprint density at radius 3 is 2.57 bits per heavy atom. The van der Waals surface area contributed by atoms with Gasteiger partial charge in [0.25, 0.3) is 5.91 Å². The van der Waals surface area contributed by atoms with Gasteiger partial charge >= 0.3 is 0 Å². The van der Waals surface area contributed by atoms with Crippen LogP contribution in [0.2, 0.25) is 0 Å². The molecule has 0 saturated carbocycles. The average molecular weight is 466 g/mol. The van der Waals surface area contributed by atoms with Crippen molar-refractivity contribution in [2.45, 2.75) is 32.4 Å². The lowest BCUT2D eigenvalue weighted by Crippen LogP contribution is -2.40. The van der Waals surface area contributed by atoms with Crippen molar-refractivity contribution in [2.24, 2.45) is 0 Å². The molecule has 2 aromatic rings. The van der Waals surface area contributed by atoms with E-state index in [-0.39, 0.29) is 23.5 Å². The third kappa shape index (κ3) is 5.35. The van der Waals surface area contributed by atoms with Crippen LogP contribution < -0.4 is 4.74 Å². The summed E-state index contributed by atoms with van der Waals surface area (Å²) >= 11 is 3.45. The largest absolute Gasteiger partial charge is 0.494 e. The molecule has 1 aliphatic heterocycles. The molecule has 1 aliphatic rings. The van der Waals surface area contributed by atoms with E-state index in [2.05, 4.69) is 15.9 Å². The summed E-state index contributed by atoms with van der Waals surface area (Å²) in [6, 6.07) is 14.5. The second-order valence-electron chi connectivity index (χ2n) is 6.99. The lowest BCUT2D eigenvalue weighted by atomic mass is 10.1. The number of halogens is 1. The molecule has 5 nitrogen and oxygen atoms in total. The van der Waals surface area contributed by atoms with Gasteiger partial charge in [-0.05, 0) is 54.8 Å². The van der Waals surface area contributed by atoms with Crippen molar-refractivity contribution < 1.29 is 17.9 Å². The maximum Gasteiger partial charge on any atom is 0.254 e. The Hall–Kier alpha value is -1.86. The molecule has 0 aliphatic carbocycles. The molecule has 0 radical (unpaired) electrons. The highest BCUT2D eigenvalue weighted by molar-refractivity contribution is 9.10. The summed E-state index contributed by atoms with van der Waals surface area (Å²) in [5, 5.41) is 0. The predicted octanol–water partition coefficient (Wildman–Crippen LogP) is 4.07. The molecule has 1 saturated heterocycles. The number of carbonyl (C=O) groups excluding carboxylic acids is 1. The zero-order valence-corrected chi connectivity index (χ0v) is 18.2. The molecule has 150 valence electrons. The second kappa shape index (κ2) is 9.09. The van der Waals surface area contributed by atoms with Crippen LogP contribution in [0.3, 0.4) is 0 Å². The van der Waals surface area contributed by atoms with Crippen molar-refractivity contribution in [3.8, 4) is 5.75 Å². The van der Waals surface area contributed by atoms with E-state index in [1.807, 2.05) is 31.2 Å². The lowest BCUT2D eigenvalue weighted by molar-refractivity contribution is 0.0681. The Kier molecular flexibility index (Phi) is 6.78. The Morgan fingerprint density at radius 1 is 1.21 bits per heavy atom. The van der Waals surface area contributed by atoms with Gasteiger partial charge in [0.05, 0.1) is 18.1 Å². The number of benzene rings is 2. The first kappa shape index (κ1) is 20.9. The van der Waals surface area contributed by atoms with Crippen LogP contribution in [0.5, 0.6) is 5.75 Å². The van der Waals surface area contributed by atoms with Crippen LogP contribution in [0.4, 0.5) is 0 Å². The summed E-state index contributed by atoms with van der Waals surface area (Å²) in [5.41, 5.74) is 1.48. The Bertz CT molecular complexity index is 928. The summed E-state index contributed by atoms with van der Waals surface area (Å²) < 4.78 is 30.5. The van der Waals surface area contributed by atoms with Gasteiger partial charge in [-0.25, -0.2) is 8.42 Å². The normalized spacial score (nSPS) is 18.0. The number of nitrogens with zero attached hydrogens (tertiary/aromatic N) is 1. The molecular formula is C21H24BrNO4S. The van der Waals surface area contributed by atoms with E-state index < -0.39 is 9.84 Å². The van der Waals surface area contributed by atoms with E-state index in [1.54, 1.807) is 29.2 Å². The lowest BCUT2D eigenvalue weighted by Gasteiger charge is -2.28. The fourth-order valence-electron chi connectivity index (χ4n) is 3.30. The molecule has 1 atom stereocenters. The van der Waals surface area contributed by atoms with Crippen LogP contribution in [0.15, 0.2) is 53.0 Å². The number of carbonyl (C=O) groups is 1. The van der Waals surface area contributed by atoms with Crippen LogP contribution in [-0.2, 0) is 16.4 Å². The van der Waals surface area contributed by atoms with Gasteiger partial charge in [0.15, 0.2) is 9.84 Å². The zero-order chi connectivity index (χ0) is 20.1. The monoisotopic (exact) mass is 465 g/mol. The van der Waals surface area contributed by atoms with Crippen LogP contribution >= 0.6 is 15.9 Å². The molecule has 0 N–H and O–H groups in total. The molecule has 1 amide bonds. The van der Waals surface area contributed by atoms with E-state index in [0.29, 0.717) is 25.1 Å². The topological polar surface area (TPSA) is 63.7 Å². The van der Waals surface area contributed by atoms with Crippen molar-refractivity contribution in [1.29, 1.82) is 0 Å². The minimum atomic E-state index is -3.10. The van der Waals surface area contributed by atoms with Gasteiger partial charge in [-0.1, -0.05) is 35.0 Å². The molecule has 1 heterocycles. The van der Waals surface area contributed by atoms with Gasteiger partial charge in [-0.15, -0.1) is 0 Å². The summed E-state index contributed by atoms with van der Waals surface area (Å²) in [4.78, 5) is 14.9. The first-order valence-corrected chi connectivity index (χ1v) is 12.0. The molecule has 1 fully saturated rings. The van der Waals surface area contributed by atoms with Crippen LogP contribution in [0, 0.1) is 0 Å². The molecule has 0 bridgehead atoms. The summed E-state index contributed by atoms with van der Waals surface area (Å²) in [7, 11) is -3.10. The van der Waals surface area contributed by atoms with Gasteiger partial charge < -0.3 is 9.64 Å². The molecule has 1 unspecified atom stereocenters. The first-order valence-electron chi connectivity index (χ1n) is 9.36. The Labute approximate surface area is 174 Å². The molecule has 0 aromatic heterocycles. The van der Waals surface area contributed by atoms with Gasteiger partial charge in [-0.3, -0.25) is 4.79 Å². The van der Waals surface area contributed by atoms with E-state index >= 15 is 0 Å². The number of sulfone groups is 1. The molecular weight excluding hydrogens is 442 g/mol. The van der Waals surface area contributed by atoms with Crippen LogP contribution in [-0.4, -0.2) is 43.4 Å². The number of hydrogen-bond acceptors (Lipinski definition) is 4. The smallest absolute Gasteiger partial charge is 0.254 e. The highest BCUT2D eigenvalue weighted by Gasteiger charge is 2.35. The Morgan fingerprint density at radius 2 is 1.96 bits per heavy atom. The predicted molar refractivity (Wildman–Crippen MR) is 113 cm³/mol. The molecule has 3 rings (SSSR count). The third-order valence-corrected chi connectivity index (χ3v) is 6.97. The molecule has 2 aromatic carbocycles. The molecule has 0 spiro atoms. The second-order valence-corrected chi connectivity index (χ2v) is 10.1. The van der Waals surface area contributed by atoms with E-state index in [1.165, 1.54) is 0 Å². The number of rotatable bonds is 7. The maximum atomic E-state index is 13.2. The number of hydrogen-bond donors (Lipinski definition) is 0. The van der Waals surface area contributed by atoms with E-state index in [0.717, 1.165) is 22.2 Å². The first-order chi connectivity index (χ1) is 13.4. The fourth-order valence-corrected chi connectivity index (χ4v) is 5.48. The van der Waals surface area contributed by atoms with Crippen molar-refractivity contribution >= 4 is 31.7 Å². The minimum absolute atomic E-state index is 0.0183. The van der Waals surface area contributed by atoms with Crippen LogP contribution in [0.1, 0.15) is 35.7 Å².